The molecule has 0 fully saturated rings. The molecule has 0 bridgehead atoms. The standard InChI is InChI=1S/C38H45N5O8/c1-37(2,3)50-35(47)43(36(48)51-38(4,5)6)33-30-17-14-28(22-26(30)18-19-40-33)42-32(34(46)41-23-24-9-7-10-27(39)21-24)25-12-15-29(16-13-25)49-20-8-11-31(44)45/h7,9-10,12-19,21-22,32,42H,8,11,20,23,39H2,1-6H3,(H,41,46)(H,44,45). The van der Waals surface area contributed by atoms with Gasteiger partial charge in [-0.3, -0.25) is 9.59 Å². The fourth-order valence-electron chi connectivity index (χ4n) is 4.92. The fraction of sp³-hybridized carbons (Fsp3) is 0.342. The minimum absolute atomic E-state index is 0.000659. The summed E-state index contributed by atoms with van der Waals surface area (Å²) in [5.74, 6) is -0.646. The SMILES string of the molecule is CC(C)(C)OC(=O)N(C(=O)OC(C)(C)C)c1nccc2cc(NC(C(=O)NCc3cccc(N)c3)c3ccc(OCCCC(=O)O)cc3)ccc12. The van der Waals surface area contributed by atoms with E-state index in [-0.39, 0.29) is 31.3 Å². The number of carboxylic acids is 1. The predicted octanol–water partition coefficient (Wildman–Crippen LogP) is 7.21. The average molecular weight is 700 g/mol. The van der Waals surface area contributed by atoms with E-state index in [1.54, 1.807) is 102 Å². The van der Waals surface area contributed by atoms with Gasteiger partial charge in [0.15, 0.2) is 5.82 Å². The number of hydrogen-bond donors (Lipinski definition) is 4. The molecule has 1 aromatic heterocycles. The number of ether oxygens (including phenoxy) is 3. The molecule has 3 aromatic carbocycles. The Balaban J connectivity index is 1.65. The number of amides is 3. The van der Waals surface area contributed by atoms with Crippen LogP contribution in [-0.4, -0.2) is 52.0 Å². The number of nitrogen functional groups attached to an aromatic ring is 1. The molecule has 5 N–H and O–H groups in total. The largest absolute Gasteiger partial charge is 0.494 e. The smallest absolute Gasteiger partial charge is 0.425 e. The van der Waals surface area contributed by atoms with Crippen molar-refractivity contribution in [3.8, 4) is 5.75 Å². The van der Waals surface area contributed by atoms with E-state index in [0.29, 0.717) is 39.9 Å². The number of carbonyl (C=O) groups is 4. The van der Waals surface area contributed by atoms with Crippen molar-refractivity contribution in [2.24, 2.45) is 0 Å². The quantitative estimate of drug-likeness (QED) is 0.0866. The number of carboxylic acid groups (broad SMARTS) is 1. The molecule has 0 radical (unpaired) electrons. The van der Waals surface area contributed by atoms with E-state index in [2.05, 4.69) is 15.6 Å². The van der Waals surface area contributed by atoms with E-state index in [1.165, 1.54) is 6.20 Å². The number of aromatic nitrogens is 1. The van der Waals surface area contributed by atoms with Crippen molar-refractivity contribution in [1.82, 2.24) is 10.3 Å². The van der Waals surface area contributed by atoms with E-state index >= 15 is 0 Å². The second-order valence-electron chi connectivity index (χ2n) is 13.8. The number of fused-ring (bicyclic) bond motifs is 1. The van der Waals surface area contributed by atoms with Crippen molar-refractivity contribution >= 4 is 52.0 Å². The fourth-order valence-corrected chi connectivity index (χ4v) is 4.92. The summed E-state index contributed by atoms with van der Waals surface area (Å²) in [6.45, 7) is 10.6. The minimum Gasteiger partial charge on any atom is -0.494 e. The molecule has 0 aliphatic carbocycles. The first kappa shape index (κ1) is 38.0. The third-order valence-corrected chi connectivity index (χ3v) is 7.12. The Hall–Kier alpha value is -5.85. The van der Waals surface area contributed by atoms with Crippen LogP contribution in [0.5, 0.6) is 5.75 Å². The van der Waals surface area contributed by atoms with Crippen molar-refractivity contribution in [3.05, 3.63) is 90.1 Å². The van der Waals surface area contributed by atoms with Crippen molar-refractivity contribution in [1.29, 1.82) is 0 Å². The molecule has 1 heterocycles. The summed E-state index contributed by atoms with van der Waals surface area (Å²) in [6.07, 6.45) is -0.0510. The molecule has 270 valence electrons. The van der Waals surface area contributed by atoms with Gasteiger partial charge in [-0.1, -0.05) is 24.3 Å². The van der Waals surface area contributed by atoms with Gasteiger partial charge in [0, 0.05) is 35.9 Å². The third kappa shape index (κ3) is 11.3. The second kappa shape index (κ2) is 16.2. The molecule has 51 heavy (non-hydrogen) atoms. The minimum atomic E-state index is -0.940. The van der Waals surface area contributed by atoms with Crippen molar-refractivity contribution in [2.75, 3.05) is 22.6 Å². The number of nitrogens with one attached hydrogen (secondary N) is 2. The van der Waals surface area contributed by atoms with E-state index in [1.807, 2.05) is 12.1 Å². The van der Waals surface area contributed by atoms with Gasteiger partial charge in [-0.25, -0.2) is 14.6 Å². The van der Waals surface area contributed by atoms with Crippen LogP contribution in [0.4, 0.5) is 26.8 Å². The number of nitrogens with zero attached hydrogens (tertiary/aromatic N) is 2. The first-order valence-corrected chi connectivity index (χ1v) is 16.5. The number of hydrogen-bond acceptors (Lipinski definition) is 10. The molecule has 4 rings (SSSR count). The zero-order chi connectivity index (χ0) is 37.3. The highest BCUT2D eigenvalue weighted by Gasteiger charge is 2.34. The van der Waals surface area contributed by atoms with E-state index in [4.69, 9.17) is 25.1 Å². The van der Waals surface area contributed by atoms with E-state index in [0.717, 1.165) is 10.5 Å². The number of aliphatic carboxylic acids is 1. The van der Waals surface area contributed by atoms with Crippen LogP contribution < -0.4 is 26.0 Å². The number of anilines is 3. The van der Waals surface area contributed by atoms with Gasteiger partial charge in [0.1, 0.15) is 23.0 Å². The van der Waals surface area contributed by atoms with Crippen molar-refractivity contribution in [3.63, 3.8) is 0 Å². The van der Waals surface area contributed by atoms with Gasteiger partial charge < -0.3 is 35.7 Å². The first-order chi connectivity index (χ1) is 24.0. The predicted molar refractivity (Wildman–Crippen MR) is 195 cm³/mol. The summed E-state index contributed by atoms with van der Waals surface area (Å²) in [4.78, 5) is 56.4. The molecule has 0 aliphatic rings. The van der Waals surface area contributed by atoms with Crippen molar-refractivity contribution in [2.45, 2.75) is 78.2 Å². The van der Waals surface area contributed by atoms with Crippen LogP contribution >= 0.6 is 0 Å². The lowest BCUT2D eigenvalue weighted by Crippen LogP contribution is -2.44. The highest BCUT2D eigenvalue weighted by molar-refractivity contribution is 6.14. The Kier molecular flexibility index (Phi) is 12.1. The summed E-state index contributed by atoms with van der Waals surface area (Å²) in [7, 11) is 0. The van der Waals surface area contributed by atoms with E-state index < -0.39 is 35.4 Å². The van der Waals surface area contributed by atoms with Crippen LogP contribution in [0.2, 0.25) is 0 Å². The van der Waals surface area contributed by atoms with E-state index in [9.17, 15) is 19.2 Å². The highest BCUT2D eigenvalue weighted by Crippen LogP contribution is 2.31. The second-order valence-corrected chi connectivity index (χ2v) is 13.8. The summed E-state index contributed by atoms with van der Waals surface area (Å²) in [6, 6.07) is 20.2. The van der Waals surface area contributed by atoms with Gasteiger partial charge >= 0.3 is 18.2 Å². The molecule has 0 saturated heterocycles. The van der Waals surface area contributed by atoms with Crippen LogP contribution in [0.25, 0.3) is 10.8 Å². The number of nitrogens with two attached hydrogens (primary N) is 1. The Morgan fingerprint density at radius 1 is 0.882 bits per heavy atom. The maximum absolute atomic E-state index is 13.7. The molecule has 4 aromatic rings. The average Bonchev–Trinajstić information content (AvgIpc) is 3.03. The summed E-state index contributed by atoms with van der Waals surface area (Å²) in [5, 5.41) is 16.2. The molecule has 0 spiro atoms. The van der Waals surface area contributed by atoms with Crippen molar-refractivity contribution < 1.29 is 38.5 Å². The summed E-state index contributed by atoms with van der Waals surface area (Å²) in [5.41, 5.74) is 6.75. The Morgan fingerprint density at radius 2 is 1.55 bits per heavy atom. The normalized spacial score (nSPS) is 12.0. The Bertz CT molecular complexity index is 1840. The molecule has 13 nitrogen and oxygen atoms in total. The van der Waals surface area contributed by atoms with Crippen LogP contribution in [0, 0.1) is 0 Å². The number of pyridine rings is 1. The van der Waals surface area contributed by atoms with Gasteiger partial charge in [-0.05, 0) is 113 Å². The van der Waals surface area contributed by atoms with Crippen LogP contribution in [0.3, 0.4) is 0 Å². The zero-order valence-corrected chi connectivity index (χ0v) is 29.7. The Labute approximate surface area is 297 Å². The molecule has 0 aliphatic heterocycles. The summed E-state index contributed by atoms with van der Waals surface area (Å²) >= 11 is 0. The maximum Gasteiger partial charge on any atom is 0.425 e. The molecule has 3 amide bonds. The Morgan fingerprint density at radius 3 is 2.16 bits per heavy atom. The molecule has 1 unspecified atom stereocenters. The number of carbonyl (C=O) groups excluding carboxylic acids is 3. The monoisotopic (exact) mass is 699 g/mol. The molecule has 13 heteroatoms. The zero-order valence-electron chi connectivity index (χ0n) is 29.7. The number of benzene rings is 3. The third-order valence-electron chi connectivity index (χ3n) is 7.12. The lowest BCUT2D eigenvalue weighted by Gasteiger charge is -2.28. The number of rotatable bonds is 12. The lowest BCUT2D eigenvalue weighted by molar-refractivity contribution is -0.137. The number of imide groups is 1. The lowest BCUT2D eigenvalue weighted by atomic mass is 10.0. The molecule has 1 atom stereocenters. The molecule has 0 saturated carbocycles. The molecular weight excluding hydrogens is 654 g/mol. The van der Waals surface area contributed by atoms with Gasteiger partial charge in [-0.15, -0.1) is 0 Å². The van der Waals surface area contributed by atoms with Crippen LogP contribution in [0.15, 0.2) is 79.0 Å². The molecular formula is C38H45N5O8. The van der Waals surface area contributed by atoms with Crippen LogP contribution in [0.1, 0.15) is 71.6 Å². The maximum atomic E-state index is 13.7. The highest BCUT2D eigenvalue weighted by atomic mass is 16.6. The van der Waals surface area contributed by atoms with Crippen LogP contribution in [-0.2, 0) is 25.6 Å². The van der Waals surface area contributed by atoms with Gasteiger partial charge in [0.05, 0.1) is 6.61 Å². The van der Waals surface area contributed by atoms with Gasteiger partial charge in [-0.2, -0.15) is 4.90 Å². The first-order valence-electron chi connectivity index (χ1n) is 16.5. The summed E-state index contributed by atoms with van der Waals surface area (Å²) < 4.78 is 16.8. The van der Waals surface area contributed by atoms with Gasteiger partial charge in [0.2, 0.25) is 5.91 Å². The van der Waals surface area contributed by atoms with Gasteiger partial charge in [0.25, 0.3) is 0 Å². The topological polar surface area (TPSA) is 182 Å².